The first-order valence-corrected chi connectivity index (χ1v) is 9.13. The van der Waals surface area contributed by atoms with Crippen molar-refractivity contribution in [3.8, 4) is 0 Å². The minimum Gasteiger partial charge on any atom is -0.394 e. The molecule has 0 aromatic carbocycles. The lowest BCUT2D eigenvalue weighted by Crippen LogP contribution is -2.46. The van der Waals surface area contributed by atoms with Crippen molar-refractivity contribution >= 4 is 17.0 Å². The van der Waals surface area contributed by atoms with Gasteiger partial charge in [0.2, 0.25) is 0 Å². The van der Waals surface area contributed by atoms with Crippen molar-refractivity contribution in [1.29, 1.82) is 0 Å². The summed E-state index contributed by atoms with van der Waals surface area (Å²) in [4.78, 5) is 13.0. The third-order valence-corrected chi connectivity index (χ3v) is 5.57. The number of aliphatic hydroxyl groups is 3. The second-order valence-corrected chi connectivity index (χ2v) is 7.39. The number of rotatable bonds is 4. The van der Waals surface area contributed by atoms with E-state index in [1.165, 1.54) is 38.8 Å². The molecule has 2 aromatic heterocycles. The Bertz CT molecular complexity index is 774. The van der Waals surface area contributed by atoms with Crippen LogP contribution in [0.4, 0.5) is 5.82 Å². The summed E-state index contributed by atoms with van der Waals surface area (Å²) in [5, 5.41) is 33.8. The number of hydrogen-bond donors (Lipinski definition) is 4. The van der Waals surface area contributed by atoms with Gasteiger partial charge in [0.1, 0.15) is 24.1 Å². The number of ether oxygens (including phenoxy) is 1. The van der Waals surface area contributed by atoms with Crippen molar-refractivity contribution in [2.24, 2.45) is 0 Å². The molecule has 4 N–H and O–H groups in total. The van der Waals surface area contributed by atoms with Gasteiger partial charge in [-0.3, -0.25) is 4.57 Å². The molecule has 1 saturated carbocycles. The van der Waals surface area contributed by atoms with Crippen LogP contribution in [-0.4, -0.2) is 65.3 Å². The number of hydrogen-bond acceptors (Lipinski definition) is 8. The van der Waals surface area contributed by atoms with E-state index in [0.717, 1.165) is 12.8 Å². The fourth-order valence-corrected chi connectivity index (χ4v) is 3.89. The molecule has 0 amide bonds. The fourth-order valence-electron chi connectivity index (χ4n) is 3.89. The van der Waals surface area contributed by atoms with Crippen LogP contribution in [0.1, 0.15) is 45.3 Å². The Morgan fingerprint density at radius 2 is 2.04 bits per heavy atom. The molecule has 0 spiro atoms. The van der Waals surface area contributed by atoms with E-state index in [1.54, 1.807) is 4.57 Å². The molecule has 0 bridgehead atoms. The van der Waals surface area contributed by atoms with Crippen molar-refractivity contribution in [3.63, 3.8) is 0 Å². The van der Waals surface area contributed by atoms with Crippen molar-refractivity contribution in [1.82, 2.24) is 19.5 Å². The number of imidazole rings is 1. The lowest BCUT2D eigenvalue weighted by molar-refractivity contribution is -0.0804. The first kappa shape index (κ1) is 17.6. The van der Waals surface area contributed by atoms with Gasteiger partial charge in [-0.1, -0.05) is 19.3 Å². The zero-order valence-electron chi connectivity index (χ0n) is 14.7. The van der Waals surface area contributed by atoms with E-state index >= 15 is 0 Å². The summed E-state index contributed by atoms with van der Waals surface area (Å²) in [6, 6.07) is 0.375. The minimum absolute atomic E-state index is 0.375. The maximum absolute atomic E-state index is 10.5. The van der Waals surface area contributed by atoms with Gasteiger partial charge in [0, 0.05) is 6.04 Å². The standard InChI is InChI=1S/C17H25N5O4/c1-17(25)11(7-23)26-16(13(17)24)22-9-20-12-14(18-8-19-15(12)22)21-10-5-3-2-4-6-10/h8-11,13,16,23-25H,2-7H2,1H3,(H,18,19,21)/t11-,13+,16-,17-/m1/s1. The van der Waals surface area contributed by atoms with Gasteiger partial charge in [0.05, 0.1) is 12.9 Å². The van der Waals surface area contributed by atoms with Crippen LogP contribution in [0.15, 0.2) is 12.7 Å². The van der Waals surface area contributed by atoms with Gasteiger partial charge >= 0.3 is 0 Å². The van der Waals surface area contributed by atoms with E-state index in [-0.39, 0.29) is 0 Å². The second-order valence-electron chi connectivity index (χ2n) is 7.39. The van der Waals surface area contributed by atoms with E-state index < -0.39 is 30.6 Å². The van der Waals surface area contributed by atoms with Gasteiger partial charge < -0.3 is 25.4 Å². The first-order chi connectivity index (χ1) is 12.5. The second kappa shape index (κ2) is 6.73. The maximum Gasteiger partial charge on any atom is 0.167 e. The molecule has 9 nitrogen and oxygen atoms in total. The van der Waals surface area contributed by atoms with Crippen LogP contribution in [0.5, 0.6) is 0 Å². The molecule has 2 fully saturated rings. The third kappa shape index (κ3) is 2.84. The van der Waals surface area contributed by atoms with Crippen molar-refractivity contribution < 1.29 is 20.1 Å². The van der Waals surface area contributed by atoms with Crippen LogP contribution in [0.2, 0.25) is 0 Å². The molecule has 1 aliphatic carbocycles. The molecule has 9 heteroatoms. The van der Waals surface area contributed by atoms with Gasteiger partial charge in [0.25, 0.3) is 0 Å². The van der Waals surface area contributed by atoms with Crippen LogP contribution in [0.3, 0.4) is 0 Å². The van der Waals surface area contributed by atoms with Crippen LogP contribution < -0.4 is 5.32 Å². The number of nitrogens with zero attached hydrogens (tertiary/aromatic N) is 4. The highest BCUT2D eigenvalue weighted by molar-refractivity contribution is 5.82. The quantitative estimate of drug-likeness (QED) is 0.621. The maximum atomic E-state index is 10.5. The van der Waals surface area contributed by atoms with Gasteiger partial charge in [-0.05, 0) is 19.8 Å². The summed E-state index contributed by atoms with van der Waals surface area (Å²) in [6.45, 7) is 1.05. The van der Waals surface area contributed by atoms with Crippen molar-refractivity contribution in [2.45, 2.75) is 69.1 Å². The predicted octanol–water partition coefficient (Wildman–Crippen LogP) is 0.572. The zero-order chi connectivity index (χ0) is 18.3. The van der Waals surface area contributed by atoms with Crippen LogP contribution in [0, 0.1) is 0 Å². The van der Waals surface area contributed by atoms with E-state index in [4.69, 9.17) is 4.74 Å². The molecule has 4 rings (SSSR count). The van der Waals surface area contributed by atoms with Crippen LogP contribution >= 0.6 is 0 Å². The highest BCUT2D eigenvalue weighted by atomic mass is 16.6. The molecular formula is C17H25N5O4. The predicted molar refractivity (Wildman–Crippen MR) is 93.4 cm³/mol. The van der Waals surface area contributed by atoms with Crippen LogP contribution in [-0.2, 0) is 4.74 Å². The third-order valence-electron chi connectivity index (χ3n) is 5.57. The minimum atomic E-state index is -1.56. The Hall–Kier alpha value is -1.81. The normalized spacial score (nSPS) is 33.0. The van der Waals surface area contributed by atoms with Crippen LogP contribution in [0.25, 0.3) is 11.2 Å². The lowest BCUT2D eigenvalue weighted by Gasteiger charge is -2.25. The largest absolute Gasteiger partial charge is 0.394 e. The molecule has 0 unspecified atom stereocenters. The first-order valence-electron chi connectivity index (χ1n) is 9.13. The molecule has 142 valence electrons. The van der Waals surface area contributed by atoms with E-state index in [0.29, 0.717) is 23.0 Å². The van der Waals surface area contributed by atoms with Crippen molar-refractivity contribution in [3.05, 3.63) is 12.7 Å². The van der Waals surface area contributed by atoms with Gasteiger partial charge in [-0.25, -0.2) is 15.0 Å². The monoisotopic (exact) mass is 363 g/mol. The summed E-state index contributed by atoms with van der Waals surface area (Å²) in [7, 11) is 0. The average molecular weight is 363 g/mol. The summed E-state index contributed by atoms with van der Waals surface area (Å²) in [6.07, 6.45) is 5.89. The summed E-state index contributed by atoms with van der Waals surface area (Å²) in [5.74, 6) is 0.665. The Morgan fingerprint density at radius 1 is 1.27 bits per heavy atom. The Kier molecular flexibility index (Phi) is 4.55. The van der Waals surface area contributed by atoms with E-state index in [1.807, 2.05) is 0 Å². The Morgan fingerprint density at radius 3 is 2.73 bits per heavy atom. The zero-order valence-corrected chi connectivity index (χ0v) is 14.7. The molecular weight excluding hydrogens is 338 g/mol. The number of nitrogens with one attached hydrogen (secondary N) is 1. The fraction of sp³-hybridized carbons (Fsp3) is 0.706. The Balaban J connectivity index is 1.64. The molecule has 0 radical (unpaired) electrons. The lowest BCUT2D eigenvalue weighted by atomic mass is 9.95. The van der Waals surface area contributed by atoms with E-state index in [2.05, 4.69) is 20.3 Å². The van der Waals surface area contributed by atoms with Crippen molar-refractivity contribution in [2.75, 3.05) is 11.9 Å². The summed E-state index contributed by atoms with van der Waals surface area (Å²) in [5.41, 5.74) is -0.454. The van der Waals surface area contributed by atoms with E-state index in [9.17, 15) is 15.3 Å². The molecule has 4 atom stereocenters. The smallest absolute Gasteiger partial charge is 0.167 e. The summed E-state index contributed by atoms with van der Waals surface area (Å²) < 4.78 is 7.25. The highest BCUT2D eigenvalue weighted by Crippen LogP contribution is 2.38. The number of aromatic nitrogens is 4. The van der Waals surface area contributed by atoms with Gasteiger partial charge in [-0.2, -0.15) is 0 Å². The molecule has 2 aliphatic rings. The molecule has 26 heavy (non-hydrogen) atoms. The van der Waals surface area contributed by atoms with Gasteiger partial charge in [0.15, 0.2) is 23.2 Å². The topological polar surface area (TPSA) is 126 Å². The molecule has 1 saturated heterocycles. The SMILES string of the molecule is C[C@@]1(O)[C@@H](CO)O[C@@H](n2cnc3c(NC4CCCCC4)ncnc32)[C@@H]1O. The molecule has 1 aliphatic heterocycles. The number of aliphatic hydroxyl groups excluding tert-OH is 2. The number of fused-ring (bicyclic) bond motifs is 1. The Labute approximate surface area is 151 Å². The highest BCUT2D eigenvalue weighted by Gasteiger charge is 2.52. The number of anilines is 1. The summed E-state index contributed by atoms with van der Waals surface area (Å²) >= 11 is 0. The molecule has 2 aromatic rings. The van der Waals surface area contributed by atoms with Gasteiger partial charge in [-0.15, -0.1) is 0 Å². The average Bonchev–Trinajstić information content (AvgIpc) is 3.16. The molecule has 3 heterocycles.